The number of rotatable bonds is 4. The third-order valence-corrected chi connectivity index (χ3v) is 2.63. The lowest BCUT2D eigenvalue weighted by atomic mass is 10.1. The number of carbonyl (C=O) groups is 3. The molecular weight excluding hydrogens is 290 g/mol. The molecule has 3 N–H and O–H groups in total. The molecule has 112 valence electrons. The van der Waals surface area contributed by atoms with Crippen LogP contribution >= 0.6 is 0 Å². The molecule has 2 aromatic carbocycles. The van der Waals surface area contributed by atoms with Gasteiger partial charge in [-0.2, -0.15) is 0 Å². The number of hydrogen-bond donors (Lipinski definition) is 3. The van der Waals surface area contributed by atoms with Gasteiger partial charge in [-0.25, -0.2) is 14.4 Å². The van der Waals surface area contributed by atoms with Crippen LogP contribution in [0, 0.1) is 0 Å². The molecule has 7 nitrogen and oxygen atoms in total. The molecule has 1 amide bonds. The highest BCUT2D eigenvalue weighted by Crippen LogP contribution is 2.17. The summed E-state index contributed by atoms with van der Waals surface area (Å²) in [6.07, 6.45) is -0.856. The van der Waals surface area contributed by atoms with Gasteiger partial charge >= 0.3 is 18.0 Å². The van der Waals surface area contributed by atoms with Crippen molar-refractivity contribution in [1.82, 2.24) is 0 Å². The number of carboxylic acids is 2. The van der Waals surface area contributed by atoms with E-state index in [1.54, 1.807) is 30.3 Å². The Morgan fingerprint density at radius 3 is 1.91 bits per heavy atom. The van der Waals surface area contributed by atoms with E-state index in [1.165, 1.54) is 0 Å². The average Bonchev–Trinajstić information content (AvgIpc) is 2.47. The van der Waals surface area contributed by atoms with Crippen LogP contribution in [0.15, 0.2) is 48.5 Å². The van der Waals surface area contributed by atoms with Crippen molar-refractivity contribution in [1.29, 1.82) is 0 Å². The molecule has 0 unspecified atom stereocenters. The third-order valence-electron chi connectivity index (χ3n) is 2.63. The smallest absolute Gasteiger partial charge is 0.417 e. The maximum absolute atomic E-state index is 11.7. The van der Waals surface area contributed by atoms with Crippen molar-refractivity contribution in [3.63, 3.8) is 0 Å². The molecule has 0 aliphatic heterocycles. The van der Waals surface area contributed by atoms with Crippen molar-refractivity contribution < 1.29 is 29.3 Å². The Labute approximate surface area is 124 Å². The number of nitrogens with one attached hydrogen (secondary N) is 1. The minimum Gasteiger partial charge on any atom is -0.478 e. The molecule has 2 aromatic rings. The Hall–Kier alpha value is -3.35. The zero-order valence-corrected chi connectivity index (χ0v) is 11.1. The maximum atomic E-state index is 11.7. The first-order chi connectivity index (χ1) is 10.5. The summed E-state index contributed by atoms with van der Waals surface area (Å²) in [5.41, 5.74) is -0.497. The van der Waals surface area contributed by atoms with Crippen LogP contribution in [0.25, 0.3) is 0 Å². The second-order valence-corrected chi connectivity index (χ2v) is 4.24. The minimum absolute atomic E-state index is 0.0123. The van der Waals surface area contributed by atoms with Gasteiger partial charge in [-0.05, 0) is 30.3 Å². The van der Waals surface area contributed by atoms with E-state index >= 15 is 0 Å². The topological polar surface area (TPSA) is 113 Å². The zero-order chi connectivity index (χ0) is 16.1. The summed E-state index contributed by atoms with van der Waals surface area (Å²) in [6.45, 7) is 0. The number of hydrogen-bond acceptors (Lipinski definition) is 4. The van der Waals surface area contributed by atoms with Crippen molar-refractivity contribution in [2.24, 2.45) is 0 Å². The van der Waals surface area contributed by atoms with Gasteiger partial charge in [-0.3, -0.25) is 5.32 Å². The van der Waals surface area contributed by atoms with E-state index < -0.39 is 18.0 Å². The lowest BCUT2D eigenvalue weighted by molar-refractivity contribution is 0.0696. The quantitative estimate of drug-likeness (QED) is 0.800. The first-order valence-electron chi connectivity index (χ1n) is 6.11. The molecule has 0 atom stereocenters. The van der Waals surface area contributed by atoms with Crippen molar-refractivity contribution in [2.45, 2.75) is 0 Å². The number of amides is 1. The molecule has 2 rings (SSSR count). The first kappa shape index (κ1) is 15.0. The molecule has 0 aliphatic rings. The predicted molar refractivity (Wildman–Crippen MR) is 76.4 cm³/mol. The van der Waals surface area contributed by atoms with Gasteiger partial charge in [-0.15, -0.1) is 0 Å². The van der Waals surface area contributed by atoms with Crippen LogP contribution in [-0.4, -0.2) is 28.2 Å². The number of ether oxygens (including phenoxy) is 1. The summed E-state index contributed by atoms with van der Waals surface area (Å²) < 4.78 is 4.97. The van der Waals surface area contributed by atoms with E-state index in [0.717, 1.165) is 18.2 Å². The molecule has 0 bridgehead atoms. The largest absolute Gasteiger partial charge is 0.478 e. The van der Waals surface area contributed by atoms with Gasteiger partial charge in [0.1, 0.15) is 5.75 Å². The molecule has 22 heavy (non-hydrogen) atoms. The lowest BCUT2D eigenvalue weighted by Crippen LogP contribution is -2.17. The van der Waals surface area contributed by atoms with E-state index in [2.05, 4.69) is 5.32 Å². The van der Waals surface area contributed by atoms with Crippen LogP contribution in [0.2, 0.25) is 0 Å². The van der Waals surface area contributed by atoms with E-state index in [1.807, 2.05) is 0 Å². The Morgan fingerprint density at radius 1 is 0.864 bits per heavy atom. The molecule has 7 heteroatoms. The molecule has 0 aromatic heterocycles. The number of carbonyl (C=O) groups excluding carboxylic acids is 1. The van der Waals surface area contributed by atoms with Gasteiger partial charge in [-0.1, -0.05) is 18.2 Å². The van der Waals surface area contributed by atoms with E-state index in [4.69, 9.17) is 14.9 Å². The van der Waals surface area contributed by atoms with Crippen LogP contribution in [0.4, 0.5) is 10.5 Å². The fourth-order valence-corrected chi connectivity index (χ4v) is 1.69. The van der Waals surface area contributed by atoms with Gasteiger partial charge in [0.25, 0.3) is 0 Å². The fraction of sp³-hybridized carbons (Fsp3) is 0. The first-order valence-corrected chi connectivity index (χ1v) is 6.11. The second kappa shape index (κ2) is 6.40. The van der Waals surface area contributed by atoms with Crippen LogP contribution in [-0.2, 0) is 0 Å². The van der Waals surface area contributed by atoms with E-state index in [9.17, 15) is 14.4 Å². The Bertz CT molecular complexity index is 694. The lowest BCUT2D eigenvalue weighted by Gasteiger charge is -2.08. The highest BCUT2D eigenvalue weighted by Gasteiger charge is 2.13. The number of anilines is 1. The van der Waals surface area contributed by atoms with Crippen molar-refractivity contribution in [3.05, 3.63) is 59.7 Å². The SMILES string of the molecule is O=C(Nc1cc(C(=O)O)cc(C(=O)O)c1)Oc1ccccc1. The highest BCUT2D eigenvalue weighted by atomic mass is 16.6. The van der Waals surface area contributed by atoms with Crippen LogP contribution in [0.1, 0.15) is 20.7 Å². The molecule has 0 heterocycles. The summed E-state index contributed by atoms with van der Waals surface area (Å²) in [6, 6.07) is 11.5. The molecule has 0 saturated carbocycles. The normalized spacial score (nSPS) is 9.82. The molecule has 0 saturated heterocycles. The summed E-state index contributed by atoms with van der Waals surface area (Å²) in [5.74, 6) is -2.31. The monoisotopic (exact) mass is 301 g/mol. The summed E-state index contributed by atoms with van der Waals surface area (Å²) in [7, 11) is 0. The summed E-state index contributed by atoms with van der Waals surface area (Å²) >= 11 is 0. The highest BCUT2D eigenvalue weighted by molar-refractivity contribution is 5.97. The van der Waals surface area contributed by atoms with Crippen molar-refractivity contribution in [3.8, 4) is 5.75 Å². The van der Waals surface area contributed by atoms with Gasteiger partial charge in [0.15, 0.2) is 0 Å². The Morgan fingerprint density at radius 2 is 1.41 bits per heavy atom. The van der Waals surface area contributed by atoms with E-state index in [0.29, 0.717) is 5.75 Å². The summed E-state index contributed by atoms with van der Waals surface area (Å²) in [5, 5.41) is 20.2. The predicted octanol–water partition coefficient (Wildman–Crippen LogP) is 2.69. The zero-order valence-electron chi connectivity index (χ0n) is 11.1. The Kier molecular flexibility index (Phi) is 4.38. The van der Waals surface area contributed by atoms with Crippen LogP contribution in [0.5, 0.6) is 5.75 Å². The van der Waals surface area contributed by atoms with Gasteiger partial charge < -0.3 is 14.9 Å². The fourth-order valence-electron chi connectivity index (χ4n) is 1.69. The third kappa shape index (κ3) is 3.83. The summed E-state index contributed by atoms with van der Waals surface area (Å²) in [4.78, 5) is 33.7. The maximum Gasteiger partial charge on any atom is 0.417 e. The molecule has 0 radical (unpaired) electrons. The molecule has 0 spiro atoms. The van der Waals surface area contributed by atoms with E-state index in [-0.39, 0.29) is 16.8 Å². The van der Waals surface area contributed by atoms with Gasteiger partial charge in [0, 0.05) is 5.69 Å². The number of aromatic carboxylic acids is 2. The van der Waals surface area contributed by atoms with Gasteiger partial charge in [0.05, 0.1) is 11.1 Å². The van der Waals surface area contributed by atoms with Crippen molar-refractivity contribution >= 4 is 23.7 Å². The standard InChI is InChI=1S/C15H11NO6/c17-13(18)9-6-10(14(19)20)8-11(7-9)16-15(21)22-12-4-2-1-3-5-12/h1-8H,(H,16,21)(H,17,18)(H,19,20). The van der Waals surface area contributed by atoms with Crippen molar-refractivity contribution in [2.75, 3.05) is 5.32 Å². The average molecular weight is 301 g/mol. The Balaban J connectivity index is 2.19. The van der Waals surface area contributed by atoms with Gasteiger partial charge in [0.2, 0.25) is 0 Å². The molecule has 0 aliphatic carbocycles. The van der Waals surface area contributed by atoms with Crippen LogP contribution < -0.4 is 10.1 Å². The molecule has 0 fully saturated rings. The van der Waals surface area contributed by atoms with Crippen LogP contribution in [0.3, 0.4) is 0 Å². The second-order valence-electron chi connectivity index (χ2n) is 4.24. The number of carboxylic acid groups (broad SMARTS) is 2. The number of benzene rings is 2. The minimum atomic E-state index is -1.30. The number of para-hydroxylation sites is 1. The molecular formula is C15H11NO6.